The number of rotatable bonds is 5. The Labute approximate surface area is 75.1 Å². The number of ether oxygens (including phenoxy) is 1. The van der Waals surface area contributed by atoms with Crippen LogP contribution in [0.25, 0.3) is 0 Å². The van der Waals surface area contributed by atoms with Crippen LogP contribution in [-0.2, 0) is 4.74 Å². The molecule has 0 saturated carbocycles. The maximum atomic E-state index is 4.97. The minimum atomic E-state index is 0.853. The highest BCUT2D eigenvalue weighted by Gasteiger charge is 2.07. The van der Waals surface area contributed by atoms with Crippen LogP contribution < -0.4 is 5.32 Å². The molecule has 0 spiro atoms. The summed E-state index contributed by atoms with van der Waals surface area (Å²) in [4.78, 5) is 2.46. The Morgan fingerprint density at radius 2 is 2.17 bits per heavy atom. The monoisotopic (exact) mass is 171 g/mol. The molecule has 1 aliphatic rings. The first-order valence-corrected chi connectivity index (χ1v) is 4.67. The summed E-state index contributed by atoms with van der Waals surface area (Å²) in [6.07, 6.45) is 3.37. The van der Waals surface area contributed by atoms with E-state index in [0.717, 1.165) is 32.7 Å². The molecule has 3 heteroatoms. The molecule has 1 fully saturated rings. The highest BCUT2D eigenvalue weighted by Crippen LogP contribution is 1.96. The van der Waals surface area contributed by atoms with Crippen LogP contribution in [0.2, 0.25) is 0 Å². The SMILES string of the molecule is COCC[CH]CN1CCNCC1. The highest BCUT2D eigenvalue weighted by atomic mass is 16.5. The van der Waals surface area contributed by atoms with E-state index in [1.807, 2.05) is 0 Å². The molecular weight excluding hydrogens is 152 g/mol. The number of methoxy groups -OCH3 is 1. The van der Waals surface area contributed by atoms with Gasteiger partial charge in [-0.1, -0.05) is 0 Å². The number of hydrogen-bond acceptors (Lipinski definition) is 3. The van der Waals surface area contributed by atoms with Gasteiger partial charge in [-0.25, -0.2) is 0 Å². The van der Waals surface area contributed by atoms with Crippen LogP contribution >= 0.6 is 0 Å². The summed E-state index contributed by atoms with van der Waals surface area (Å²) in [7, 11) is 1.75. The Kier molecular flexibility index (Phi) is 5.32. The average Bonchev–Trinajstić information content (AvgIpc) is 2.14. The molecule has 1 saturated heterocycles. The first kappa shape index (κ1) is 9.96. The van der Waals surface area contributed by atoms with Crippen molar-refractivity contribution in [3.8, 4) is 0 Å². The standard InChI is InChI=1S/C9H19N2O/c1-12-9-3-2-6-11-7-4-10-5-8-11/h2,10H,3-9H2,1H3. The summed E-state index contributed by atoms with van der Waals surface area (Å²) < 4.78 is 4.97. The van der Waals surface area contributed by atoms with Gasteiger partial charge in [0.25, 0.3) is 0 Å². The van der Waals surface area contributed by atoms with Crippen LogP contribution in [0.1, 0.15) is 6.42 Å². The number of nitrogens with one attached hydrogen (secondary N) is 1. The second-order valence-corrected chi connectivity index (χ2v) is 3.12. The molecule has 0 atom stereocenters. The summed E-state index contributed by atoms with van der Waals surface area (Å²) in [6.45, 7) is 6.61. The van der Waals surface area contributed by atoms with E-state index in [2.05, 4.69) is 16.6 Å². The average molecular weight is 171 g/mol. The predicted octanol–water partition coefficient (Wildman–Crippen LogP) is 0.132. The van der Waals surface area contributed by atoms with Gasteiger partial charge in [-0.3, -0.25) is 0 Å². The van der Waals surface area contributed by atoms with Crippen molar-refractivity contribution in [2.24, 2.45) is 0 Å². The Morgan fingerprint density at radius 3 is 2.83 bits per heavy atom. The second-order valence-electron chi connectivity index (χ2n) is 3.12. The first-order valence-electron chi connectivity index (χ1n) is 4.67. The first-order chi connectivity index (χ1) is 5.93. The molecule has 1 N–H and O–H groups in total. The molecule has 12 heavy (non-hydrogen) atoms. The fourth-order valence-electron chi connectivity index (χ4n) is 1.37. The lowest BCUT2D eigenvalue weighted by Gasteiger charge is -2.26. The summed E-state index contributed by atoms with van der Waals surface area (Å²) >= 11 is 0. The Bertz CT molecular complexity index is 103. The number of piperazine rings is 1. The molecule has 1 rings (SSSR count). The van der Waals surface area contributed by atoms with Gasteiger partial charge in [0.15, 0.2) is 0 Å². The zero-order valence-corrected chi connectivity index (χ0v) is 7.88. The van der Waals surface area contributed by atoms with E-state index in [0.29, 0.717) is 0 Å². The number of unbranched alkanes of at least 4 members (excludes halogenated alkanes) is 1. The van der Waals surface area contributed by atoms with E-state index >= 15 is 0 Å². The van der Waals surface area contributed by atoms with Crippen molar-refractivity contribution < 1.29 is 4.74 Å². The molecule has 0 bridgehead atoms. The third kappa shape index (κ3) is 4.04. The molecule has 71 valence electrons. The van der Waals surface area contributed by atoms with E-state index in [1.165, 1.54) is 13.1 Å². The summed E-state index contributed by atoms with van der Waals surface area (Å²) in [5.41, 5.74) is 0. The molecule has 0 aromatic carbocycles. The van der Waals surface area contributed by atoms with Gasteiger partial charge >= 0.3 is 0 Å². The fraction of sp³-hybridized carbons (Fsp3) is 0.889. The normalized spacial score (nSPS) is 19.8. The van der Waals surface area contributed by atoms with E-state index < -0.39 is 0 Å². The van der Waals surface area contributed by atoms with Crippen LogP contribution in [0.5, 0.6) is 0 Å². The second kappa shape index (κ2) is 6.40. The van der Waals surface area contributed by atoms with Crippen LogP contribution in [0.3, 0.4) is 0 Å². The zero-order chi connectivity index (χ0) is 8.65. The maximum Gasteiger partial charge on any atom is 0.0465 e. The lowest BCUT2D eigenvalue weighted by Crippen LogP contribution is -2.43. The van der Waals surface area contributed by atoms with Gasteiger partial charge in [0.05, 0.1) is 0 Å². The van der Waals surface area contributed by atoms with Crippen molar-refractivity contribution in [2.75, 3.05) is 46.4 Å². The third-order valence-electron chi connectivity index (χ3n) is 2.12. The molecule has 3 nitrogen and oxygen atoms in total. The lowest BCUT2D eigenvalue weighted by molar-refractivity contribution is 0.195. The van der Waals surface area contributed by atoms with Gasteiger partial charge in [0.2, 0.25) is 0 Å². The third-order valence-corrected chi connectivity index (χ3v) is 2.12. The van der Waals surface area contributed by atoms with Crippen molar-refractivity contribution in [1.29, 1.82) is 0 Å². The van der Waals surface area contributed by atoms with Gasteiger partial charge in [-0.15, -0.1) is 0 Å². The van der Waals surface area contributed by atoms with Crippen LogP contribution in [0, 0.1) is 6.42 Å². The van der Waals surface area contributed by atoms with E-state index in [1.54, 1.807) is 7.11 Å². The van der Waals surface area contributed by atoms with Crippen molar-refractivity contribution >= 4 is 0 Å². The van der Waals surface area contributed by atoms with Crippen LogP contribution in [0.4, 0.5) is 0 Å². The summed E-state index contributed by atoms with van der Waals surface area (Å²) in [5, 5.41) is 3.34. The van der Waals surface area contributed by atoms with Crippen LogP contribution in [0.15, 0.2) is 0 Å². The lowest BCUT2D eigenvalue weighted by atomic mass is 10.3. The van der Waals surface area contributed by atoms with E-state index in [9.17, 15) is 0 Å². The van der Waals surface area contributed by atoms with E-state index in [4.69, 9.17) is 4.74 Å². The molecule has 0 aliphatic carbocycles. The number of nitrogens with zero attached hydrogens (tertiary/aromatic N) is 1. The predicted molar refractivity (Wildman–Crippen MR) is 50.1 cm³/mol. The van der Waals surface area contributed by atoms with Crippen molar-refractivity contribution in [3.05, 3.63) is 6.42 Å². The van der Waals surface area contributed by atoms with Gasteiger partial charge in [-0.2, -0.15) is 0 Å². The van der Waals surface area contributed by atoms with Gasteiger partial charge < -0.3 is 15.0 Å². The van der Waals surface area contributed by atoms with Crippen molar-refractivity contribution in [3.63, 3.8) is 0 Å². The highest BCUT2D eigenvalue weighted by molar-refractivity contribution is 4.75. The van der Waals surface area contributed by atoms with Gasteiger partial charge in [0, 0.05) is 46.4 Å². The van der Waals surface area contributed by atoms with E-state index in [-0.39, 0.29) is 0 Å². The smallest absolute Gasteiger partial charge is 0.0465 e. The van der Waals surface area contributed by atoms with Crippen LogP contribution in [-0.4, -0.2) is 51.3 Å². The summed E-state index contributed by atoms with van der Waals surface area (Å²) in [5.74, 6) is 0. The summed E-state index contributed by atoms with van der Waals surface area (Å²) in [6, 6.07) is 0. The molecule has 1 aliphatic heterocycles. The molecule has 1 radical (unpaired) electrons. The quantitative estimate of drug-likeness (QED) is 0.595. The molecule has 0 aromatic heterocycles. The Hall–Kier alpha value is -0.120. The topological polar surface area (TPSA) is 24.5 Å². The van der Waals surface area contributed by atoms with Crippen molar-refractivity contribution in [1.82, 2.24) is 10.2 Å². The largest absolute Gasteiger partial charge is 0.385 e. The molecule has 0 amide bonds. The maximum absolute atomic E-state index is 4.97. The minimum absolute atomic E-state index is 0.853. The van der Waals surface area contributed by atoms with Crippen molar-refractivity contribution in [2.45, 2.75) is 6.42 Å². The number of hydrogen-bond donors (Lipinski definition) is 1. The van der Waals surface area contributed by atoms with Gasteiger partial charge in [0.1, 0.15) is 0 Å². The minimum Gasteiger partial charge on any atom is -0.385 e. The van der Waals surface area contributed by atoms with Gasteiger partial charge in [-0.05, 0) is 12.8 Å². The Balaban J connectivity index is 1.91. The Morgan fingerprint density at radius 1 is 1.42 bits per heavy atom. The fourth-order valence-corrected chi connectivity index (χ4v) is 1.37. The molecule has 1 heterocycles. The molecule has 0 unspecified atom stereocenters. The zero-order valence-electron chi connectivity index (χ0n) is 7.88. The molecule has 0 aromatic rings. The molecular formula is C9H19N2O.